The second-order valence-electron chi connectivity index (χ2n) is 6.11. The van der Waals surface area contributed by atoms with Crippen molar-refractivity contribution in [3.8, 4) is 0 Å². The first kappa shape index (κ1) is 27.0. The molecule has 1 aromatic rings. The average Bonchev–Trinajstić information content (AvgIpc) is 2.54. The molecule has 0 amide bonds. The zero-order valence-electron chi connectivity index (χ0n) is 14.0. The quantitative estimate of drug-likeness (QED) is 0.344. The molecular weight excluding hydrogens is 322 g/mol. The summed E-state index contributed by atoms with van der Waals surface area (Å²) in [6.07, 6.45) is 8.72. The van der Waals surface area contributed by atoms with E-state index < -0.39 is 17.4 Å². The van der Waals surface area contributed by atoms with Crippen molar-refractivity contribution in [3.05, 3.63) is 35.9 Å². The molecule has 0 saturated heterocycles. The molecule has 0 saturated carbocycles. The SMILES string of the molecule is CCCCCCCCCCC(C(=O)O)(C(=O)O)c1ccccc1.[LiH].[NaH]. The van der Waals surface area contributed by atoms with Crippen LogP contribution in [0.4, 0.5) is 0 Å². The Hall–Kier alpha value is -0.243. The number of hydrogen-bond donors (Lipinski definition) is 2. The Morgan fingerprint density at radius 1 is 0.840 bits per heavy atom. The van der Waals surface area contributed by atoms with E-state index in [2.05, 4.69) is 6.92 Å². The summed E-state index contributed by atoms with van der Waals surface area (Å²) in [5, 5.41) is 19.1. The van der Waals surface area contributed by atoms with Crippen LogP contribution in [-0.4, -0.2) is 70.6 Å². The zero-order valence-corrected chi connectivity index (χ0v) is 14.0. The summed E-state index contributed by atoms with van der Waals surface area (Å²) in [7, 11) is 0. The van der Waals surface area contributed by atoms with E-state index >= 15 is 0 Å². The van der Waals surface area contributed by atoms with E-state index in [4.69, 9.17) is 0 Å². The number of benzene rings is 1. The predicted molar refractivity (Wildman–Crippen MR) is 105 cm³/mol. The van der Waals surface area contributed by atoms with Crippen molar-refractivity contribution >= 4 is 60.4 Å². The molecule has 6 heteroatoms. The summed E-state index contributed by atoms with van der Waals surface area (Å²) in [4.78, 5) is 23.4. The van der Waals surface area contributed by atoms with E-state index in [1.165, 1.54) is 25.7 Å². The number of carbonyl (C=O) groups is 2. The molecule has 132 valence electrons. The van der Waals surface area contributed by atoms with Crippen LogP contribution < -0.4 is 0 Å². The Kier molecular flexibility index (Phi) is 16.1. The molecule has 0 atom stereocenters. The molecule has 1 aromatic carbocycles. The van der Waals surface area contributed by atoms with Crippen LogP contribution >= 0.6 is 0 Å². The minimum absolute atomic E-state index is 0. The van der Waals surface area contributed by atoms with Crippen LogP contribution in [0, 0.1) is 0 Å². The van der Waals surface area contributed by atoms with Crippen molar-refractivity contribution in [1.29, 1.82) is 0 Å². The topological polar surface area (TPSA) is 74.6 Å². The average molecular weight is 352 g/mol. The zero-order chi connectivity index (χ0) is 17.1. The molecule has 0 fully saturated rings. The standard InChI is InChI=1S/C19H28O4.Li.Na.2H/c1-2-3-4-5-6-7-8-12-15-19(17(20)21,18(22)23)16-13-10-9-11-14-16;;;;/h9-11,13-14H,2-8,12,15H2,1H3,(H,20,21)(H,22,23);;;;. The Bertz CT molecular complexity index is 479. The van der Waals surface area contributed by atoms with Crippen molar-refractivity contribution in [2.45, 2.75) is 70.1 Å². The van der Waals surface area contributed by atoms with Gasteiger partial charge in [-0.05, 0) is 12.0 Å². The molecule has 0 radical (unpaired) electrons. The fraction of sp³-hybridized carbons (Fsp3) is 0.579. The summed E-state index contributed by atoms with van der Waals surface area (Å²) in [5.74, 6) is -2.56. The second-order valence-corrected chi connectivity index (χ2v) is 6.11. The molecule has 1 rings (SSSR count). The van der Waals surface area contributed by atoms with Gasteiger partial charge in [0.1, 0.15) is 0 Å². The maximum absolute atomic E-state index is 11.7. The Morgan fingerprint density at radius 2 is 1.28 bits per heavy atom. The number of carboxylic acids is 2. The van der Waals surface area contributed by atoms with Crippen molar-refractivity contribution in [1.82, 2.24) is 0 Å². The summed E-state index contributed by atoms with van der Waals surface area (Å²) in [6.45, 7) is 2.18. The van der Waals surface area contributed by atoms with Gasteiger partial charge >= 0.3 is 60.4 Å². The van der Waals surface area contributed by atoms with Gasteiger partial charge in [-0.25, -0.2) is 0 Å². The van der Waals surface area contributed by atoms with Gasteiger partial charge in [-0.2, -0.15) is 0 Å². The number of carboxylic acid groups (broad SMARTS) is 2. The first-order valence-electron chi connectivity index (χ1n) is 8.58. The fourth-order valence-corrected chi connectivity index (χ4v) is 2.94. The van der Waals surface area contributed by atoms with Crippen LogP contribution in [0.2, 0.25) is 0 Å². The van der Waals surface area contributed by atoms with Crippen molar-refractivity contribution in [2.24, 2.45) is 0 Å². The molecular formula is C19H30LiNaO4. The summed E-state index contributed by atoms with van der Waals surface area (Å²) < 4.78 is 0. The van der Waals surface area contributed by atoms with Gasteiger partial charge in [-0.15, -0.1) is 0 Å². The molecule has 0 bridgehead atoms. The molecule has 0 aliphatic heterocycles. The number of unbranched alkanes of at least 4 members (excludes halogenated alkanes) is 7. The predicted octanol–water partition coefficient (Wildman–Crippen LogP) is 3.33. The number of rotatable bonds is 12. The first-order valence-corrected chi connectivity index (χ1v) is 8.58. The van der Waals surface area contributed by atoms with E-state index in [9.17, 15) is 19.8 Å². The van der Waals surface area contributed by atoms with Crippen LogP contribution in [0.5, 0.6) is 0 Å². The second kappa shape index (κ2) is 14.9. The molecule has 0 aliphatic carbocycles. The van der Waals surface area contributed by atoms with Crippen LogP contribution in [0.25, 0.3) is 0 Å². The van der Waals surface area contributed by atoms with Gasteiger partial charge in [0.15, 0.2) is 5.41 Å². The van der Waals surface area contributed by atoms with Gasteiger partial charge in [0, 0.05) is 0 Å². The number of hydrogen-bond acceptors (Lipinski definition) is 2. The third-order valence-corrected chi connectivity index (χ3v) is 4.40. The Morgan fingerprint density at radius 3 is 1.72 bits per heavy atom. The molecule has 0 aromatic heterocycles. The van der Waals surface area contributed by atoms with Gasteiger partial charge in [0.05, 0.1) is 0 Å². The van der Waals surface area contributed by atoms with Crippen LogP contribution in [0.15, 0.2) is 30.3 Å². The summed E-state index contributed by atoms with van der Waals surface area (Å²) in [6, 6.07) is 8.31. The van der Waals surface area contributed by atoms with E-state index in [-0.39, 0.29) is 54.8 Å². The van der Waals surface area contributed by atoms with E-state index in [0.29, 0.717) is 12.0 Å². The monoisotopic (exact) mass is 352 g/mol. The normalized spacial score (nSPS) is 10.4. The Balaban J connectivity index is 0. The van der Waals surface area contributed by atoms with Gasteiger partial charge in [0.25, 0.3) is 0 Å². The van der Waals surface area contributed by atoms with Crippen molar-refractivity contribution in [2.75, 3.05) is 0 Å². The molecule has 0 unspecified atom stereocenters. The van der Waals surface area contributed by atoms with Crippen LogP contribution in [0.1, 0.15) is 70.3 Å². The fourth-order valence-electron chi connectivity index (χ4n) is 2.94. The molecule has 2 N–H and O–H groups in total. The maximum atomic E-state index is 11.7. The van der Waals surface area contributed by atoms with E-state index in [1.54, 1.807) is 30.3 Å². The molecule has 0 spiro atoms. The van der Waals surface area contributed by atoms with Crippen LogP contribution in [-0.2, 0) is 15.0 Å². The number of aliphatic carboxylic acids is 2. The molecule has 0 aliphatic rings. The van der Waals surface area contributed by atoms with Gasteiger partial charge in [-0.3, -0.25) is 9.59 Å². The van der Waals surface area contributed by atoms with Gasteiger partial charge < -0.3 is 10.2 Å². The van der Waals surface area contributed by atoms with Gasteiger partial charge in [-0.1, -0.05) is 88.6 Å². The van der Waals surface area contributed by atoms with Crippen LogP contribution in [0.3, 0.4) is 0 Å². The first-order chi connectivity index (χ1) is 11.1. The third-order valence-electron chi connectivity index (χ3n) is 4.40. The molecule has 4 nitrogen and oxygen atoms in total. The van der Waals surface area contributed by atoms with E-state index in [1.807, 2.05) is 0 Å². The minimum atomic E-state index is -1.83. The molecule has 0 heterocycles. The van der Waals surface area contributed by atoms with Crippen molar-refractivity contribution in [3.63, 3.8) is 0 Å². The molecule has 25 heavy (non-hydrogen) atoms. The Labute approximate surface area is 185 Å². The van der Waals surface area contributed by atoms with E-state index in [0.717, 1.165) is 19.3 Å². The third kappa shape index (κ3) is 8.32. The summed E-state index contributed by atoms with van der Waals surface area (Å²) >= 11 is 0. The summed E-state index contributed by atoms with van der Waals surface area (Å²) in [5.41, 5.74) is -1.48. The van der Waals surface area contributed by atoms with Gasteiger partial charge in [0.2, 0.25) is 0 Å². The van der Waals surface area contributed by atoms with Crippen molar-refractivity contribution < 1.29 is 19.8 Å².